The molecule has 3 aromatic rings. The van der Waals surface area contributed by atoms with Gasteiger partial charge in [-0.2, -0.15) is 0 Å². The molecule has 1 aliphatic heterocycles. The number of morpholine rings is 1. The van der Waals surface area contributed by atoms with Crippen LogP contribution in [0.15, 0.2) is 48.5 Å². The van der Waals surface area contributed by atoms with E-state index in [2.05, 4.69) is 20.5 Å². The van der Waals surface area contributed by atoms with Crippen molar-refractivity contribution in [2.75, 3.05) is 39.4 Å². The van der Waals surface area contributed by atoms with Gasteiger partial charge in [-0.15, -0.1) is 5.10 Å². The van der Waals surface area contributed by atoms with Crippen molar-refractivity contribution in [3.8, 4) is 0 Å². The second kappa shape index (κ2) is 12.0. The van der Waals surface area contributed by atoms with Gasteiger partial charge in [0.2, 0.25) is 11.8 Å². The number of nitrogens with one attached hydrogen (secondary N) is 1. The molecule has 2 amide bonds. The Bertz CT molecular complexity index is 1220. The van der Waals surface area contributed by atoms with Gasteiger partial charge >= 0.3 is 0 Å². The van der Waals surface area contributed by atoms with Crippen LogP contribution in [0.25, 0.3) is 11.0 Å². The predicted molar refractivity (Wildman–Crippen MR) is 143 cm³/mol. The van der Waals surface area contributed by atoms with E-state index in [4.69, 9.17) is 16.3 Å². The van der Waals surface area contributed by atoms with Crippen LogP contribution in [-0.2, 0) is 20.9 Å². The van der Waals surface area contributed by atoms with Gasteiger partial charge in [0.05, 0.1) is 18.7 Å². The highest BCUT2D eigenvalue weighted by molar-refractivity contribution is 6.31. The van der Waals surface area contributed by atoms with Gasteiger partial charge in [-0.3, -0.25) is 14.5 Å². The number of fused-ring (bicyclic) bond motifs is 1. The molecule has 1 N–H and O–H groups in total. The first-order chi connectivity index (χ1) is 17.8. The average Bonchev–Trinajstić information content (AvgIpc) is 3.30. The van der Waals surface area contributed by atoms with E-state index in [9.17, 15) is 9.59 Å². The first-order valence-electron chi connectivity index (χ1n) is 12.7. The SMILES string of the molecule is CCC(C)(C)NC(=O)C(c1ccccc1Cl)N(CCN1CCOCC1)C(=O)Cn1nnc2ccccc21. The summed E-state index contributed by atoms with van der Waals surface area (Å²) < 4.78 is 7.06. The predicted octanol–water partition coefficient (Wildman–Crippen LogP) is 3.29. The quantitative estimate of drug-likeness (QED) is 0.436. The number of hydrogen-bond acceptors (Lipinski definition) is 6. The molecule has 0 aliphatic carbocycles. The molecule has 198 valence electrons. The summed E-state index contributed by atoms with van der Waals surface area (Å²) in [5, 5.41) is 12.0. The molecular formula is C27H35ClN6O3. The lowest BCUT2D eigenvalue weighted by molar-refractivity contribution is -0.142. The summed E-state index contributed by atoms with van der Waals surface area (Å²) in [6.07, 6.45) is 0.737. The second-order valence-electron chi connectivity index (χ2n) is 9.93. The normalized spacial score (nSPS) is 15.5. The Kier molecular flexibility index (Phi) is 8.79. The van der Waals surface area contributed by atoms with Gasteiger partial charge in [0.25, 0.3) is 0 Å². The summed E-state index contributed by atoms with van der Waals surface area (Å²) in [4.78, 5) is 31.7. The van der Waals surface area contributed by atoms with E-state index in [1.807, 2.05) is 63.2 Å². The molecule has 2 heterocycles. The minimum absolute atomic E-state index is 0.0466. The maximum atomic E-state index is 14.0. The number of para-hydroxylation sites is 1. The number of carbonyl (C=O) groups is 2. The van der Waals surface area contributed by atoms with Crippen molar-refractivity contribution < 1.29 is 14.3 Å². The lowest BCUT2D eigenvalue weighted by Crippen LogP contribution is -2.52. The number of aromatic nitrogens is 3. The molecule has 1 atom stereocenters. The molecule has 0 saturated carbocycles. The Morgan fingerprint density at radius 3 is 2.57 bits per heavy atom. The number of nitrogens with zero attached hydrogens (tertiary/aromatic N) is 5. The van der Waals surface area contributed by atoms with Gasteiger partial charge in [-0.1, -0.05) is 54.1 Å². The fourth-order valence-electron chi connectivity index (χ4n) is 4.36. The number of benzene rings is 2. The monoisotopic (exact) mass is 526 g/mol. The molecule has 1 aliphatic rings. The Hall–Kier alpha value is -3.01. The van der Waals surface area contributed by atoms with E-state index in [0.717, 1.165) is 25.0 Å². The van der Waals surface area contributed by atoms with Crippen LogP contribution in [0.1, 0.15) is 38.8 Å². The molecular weight excluding hydrogens is 492 g/mol. The highest BCUT2D eigenvalue weighted by Gasteiger charge is 2.35. The van der Waals surface area contributed by atoms with E-state index in [0.29, 0.717) is 42.4 Å². The Morgan fingerprint density at radius 1 is 1.14 bits per heavy atom. The van der Waals surface area contributed by atoms with Crippen LogP contribution in [0.4, 0.5) is 0 Å². The fraction of sp³-hybridized carbons (Fsp3) is 0.481. The number of rotatable bonds is 10. The van der Waals surface area contributed by atoms with Crippen molar-refractivity contribution >= 4 is 34.4 Å². The van der Waals surface area contributed by atoms with Crippen LogP contribution >= 0.6 is 11.6 Å². The van der Waals surface area contributed by atoms with E-state index in [-0.39, 0.29) is 18.4 Å². The van der Waals surface area contributed by atoms with Crippen LogP contribution in [-0.4, -0.2) is 81.5 Å². The Balaban J connectivity index is 1.69. The van der Waals surface area contributed by atoms with Crippen molar-refractivity contribution in [1.82, 2.24) is 30.1 Å². The molecule has 1 saturated heterocycles. The number of hydrogen-bond donors (Lipinski definition) is 1. The van der Waals surface area contributed by atoms with Crippen LogP contribution in [0.3, 0.4) is 0 Å². The number of carbonyl (C=O) groups excluding carboxylic acids is 2. The summed E-state index contributed by atoms with van der Waals surface area (Å²) in [5.74, 6) is -0.503. The van der Waals surface area contributed by atoms with E-state index < -0.39 is 11.6 Å². The Morgan fingerprint density at radius 2 is 1.84 bits per heavy atom. The second-order valence-corrected chi connectivity index (χ2v) is 10.3. The van der Waals surface area contributed by atoms with E-state index in [1.54, 1.807) is 15.6 Å². The zero-order valence-corrected chi connectivity index (χ0v) is 22.4. The summed E-state index contributed by atoms with van der Waals surface area (Å²) in [5.41, 5.74) is 1.61. The third-order valence-corrected chi connectivity index (χ3v) is 7.24. The van der Waals surface area contributed by atoms with Gasteiger partial charge in [0.15, 0.2) is 0 Å². The lowest BCUT2D eigenvalue weighted by atomic mass is 9.98. The maximum absolute atomic E-state index is 14.0. The van der Waals surface area contributed by atoms with Crippen molar-refractivity contribution in [1.29, 1.82) is 0 Å². The summed E-state index contributed by atoms with van der Waals surface area (Å²) in [6, 6.07) is 13.8. The zero-order chi connectivity index (χ0) is 26.4. The first-order valence-corrected chi connectivity index (χ1v) is 13.1. The van der Waals surface area contributed by atoms with Gasteiger partial charge in [0.1, 0.15) is 18.1 Å². The Labute approximate surface area is 222 Å². The van der Waals surface area contributed by atoms with Crippen molar-refractivity contribution in [3.63, 3.8) is 0 Å². The summed E-state index contributed by atoms with van der Waals surface area (Å²) in [7, 11) is 0. The van der Waals surface area contributed by atoms with E-state index >= 15 is 0 Å². The average molecular weight is 527 g/mol. The number of halogens is 1. The van der Waals surface area contributed by atoms with Crippen LogP contribution < -0.4 is 5.32 Å². The molecule has 0 spiro atoms. The molecule has 1 fully saturated rings. The smallest absolute Gasteiger partial charge is 0.247 e. The molecule has 2 aromatic carbocycles. The summed E-state index contributed by atoms with van der Waals surface area (Å²) in [6.45, 7) is 9.72. The molecule has 1 unspecified atom stereocenters. The van der Waals surface area contributed by atoms with Crippen molar-refractivity contribution in [2.45, 2.75) is 45.3 Å². The van der Waals surface area contributed by atoms with Crippen LogP contribution in [0.5, 0.6) is 0 Å². The highest BCUT2D eigenvalue weighted by atomic mass is 35.5. The minimum atomic E-state index is -0.900. The topological polar surface area (TPSA) is 92.6 Å². The van der Waals surface area contributed by atoms with Crippen LogP contribution in [0.2, 0.25) is 5.02 Å². The molecule has 10 heteroatoms. The molecule has 0 radical (unpaired) electrons. The summed E-state index contributed by atoms with van der Waals surface area (Å²) >= 11 is 6.61. The van der Waals surface area contributed by atoms with Gasteiger partial charge < -0.3 is 15.0 Å². The molecule has 0 bridgehead atoms. The standard InChI is InChI=1S/C27H35ClN6O3/c1-4-27(2,3)29-26(36)25(20-9-5-6-10-21(20)28)33(14-13-32-15-17-37-18-16-32)24(35)19-34-23-12-8-7-11-22(23)30-31-34/h5-12,25H,4,13-19H2,1-3H3,(H,29,36). The molecule has 9 nitrogen and oxygen atoms in total. The third-order valence-electron chi connectivity index (χ3n) is 6.89. The van der Waals surface area contributed by atoms with Gasteiger partial charge in [-0.05, 0) is 38.5 Å². The molecule has 1 aromatic heterocycles. The number of amides is 2. The molecule has 37 heavy (non-hydrogen) atoms. The van der Waals surface area contributed by atoms with Crippen molar-refractivity contribution in [3.05, 3.63) is 59.1 Å². The minimum Gasteiger partial charge on any atom is -0.379 e. The fourth-order valence-corrected chi connectivity index (χ4v) is 4.60. The third kappa shape index (κ3) is 6.66. The van der Waals surface area contributed by atoms with Crippen LogP contribution in [0, 0.1) is 0 Å². The van der Waals surface area contributed by atoms with Gasteiger partial charge in [0, 0.05) is 42.3 Å². The van der Waals surface area contributed by atoms with Gasteiger partial charge in [-0.25, -0.2) is 4.68 Å². The highest BCUT2D eigenvalue weighted by Crippen LogP contribution is 2.29. The number of ether oxygens (including phenoxy) is 1. The first kappa shape index (κ1) is 27.0. The maximum Gasteiger partial charge on any atom is 0.247 e. The zero-order valence-electron chi connectivity index (χ0n) is 21.7. The largest absolute Gasteiger partial charge is 0.379 e. The van der Waals surface area contributed by atoms with Crippen molar-refractivity contribution in [2.24, 2.45) is 0 Å². The van der Waals surface area contributed by atoms with E-state index in [1.165, 1.54) is 0 Å². The molecule has 4 rings (SSSR count). The lowest BCUT2D eigenvalue weighted by Gasteiger charge is -2.36.